The molecule has 0 unspecified atom stereocenters. The molecule has 0 aromatic heterocycles. The zero-order chi connectivity index (χ0) is 33.6. The molecule has 1 saturated heterocycles. The number of aliphatic hydroxyl groups excluding tert-OH is 1. The van der Waals surface area contributed by atoms with Crippen molar-refractivity contribution in [2.24, 2.45) is 0 Å². The molecular formula is C35H49BrFN3O7. The molecule has 0 aliphatic carbocycles. The van der Waals surface area contributed by atoms with Crippen molar-refractivity contribution in [3.8, 4) is 17.2 Å². The first-order valence-corrected chi connectivity index (χ1v) is 16.3. The summed E-state index contributed by atoms with van der Waals surface area (Å²) in [4.78, 5) is 29.6. The molecule has 12 heteroatoms. The van der Waals surface area contributed by atoms with Crippen LogP contribution < -0.4 is 19.1 Å². The number of ether oxygens (including phenoxy) is 4. The minimum absolute atomic E-state index is 0. The third kappa shape index (κ3) is 8.95. The van der Waals surface area contributed by atoms with Crippen molar-refractivity contribution in [3.63, 3.8) is 0 Å². The first-order chi connectivity index (χ1) is 21.9. The monoisotopic (exact) mass is 721 g/mol. The summed E-state index contributed by atoms with van der Waals surface area (Å²) in [7, 11) is 0. The fourth-order valence-corrected chi connectivity index (χ4v) is 5.87. The quantitative estimate of drug-likeness (QED) is 0.133. The molecule has 0 atom stereocenters. The highest BCUT2D eigenvalue weighted by Gasteiger charge is 2.34. The highest BCUT2D eigenvalue weighted by Crippen LogP contribution is 2.42. The number of nitrogens with one attached hydrogen (secondary N) is 1. The Morgan fingerprint density at radius 1 is 1.00 bits per heavy atom. The molecule has 2 aliphatic rings. The number of anilines is 1. The van der Waals surface area contributed by atoms with Crippen molar-refractivity contribution in [1.82, 2.24) is 4.90 Å². The number of benzene rings is 2. The van der Waals surface area contributed by atoms with Crippen molar-refractivity contribution in [1.29, 1.82) is 5.41 Å². The summed E-state index contributed by atoms with van der Waals surface area (Å²) < 4.78 is 38.2. The number of amidine groups is 1. The third-order valence-corrected chi connectivity index (χ3v) is 8.19. The van der Waals surface area contributed by atoms with Crippen molar-refractivity contribution in [3.05, 3.63) is 46.3 Å². The highest BCUT2D eigenvalue weighted by atomic mass is 79.9. The number of fused-ring (bicyclic) bond motifs is 1. The normalized spacial score (nSPS) is 14.9. The van der Waals surface area contributed by atoms with E-state index in [1.807, 2.05) is 32.9 Å². The van der Waals surface area contributed by atoms with E-state index in [0.29, 0.717) is 69.0 Å². The van der Waals surface area contributed by atoms with Gasteiger partial charge in [0.05, 0.1) is 50.3 Å². The van der Waals surface area contributed by atoms with Crippen LogP contribution in [-0.4, -0.2) is 79.8 Å². The molecule has 2 N–H and O–H groups in total. The molecule has 0 spiro atoms. The van der Waals surface area contributed by atoms with Crippen LogP contribution in [0.25, 0.3) is 0 Å². The molecule has 2 aliphatic heterocycles. The Morgan fingerprint density at radius 3 is 2.30 bits per heavy atom. The summed E-state index contributed by atoms with van der Waals surface area (Å²) in [6, 6.07) is 5.36. The Morgan fingerprint density at radius 2 is 1.68 bits per heavy atom. The highest BCUT2D eigenvalue weighted by molar-refractivity contribution is 8.93. The predicted octanol–water partition coefficient (Wildman–Crippen LogP) is 6.21. The SMILES string of the molecule is Br.CCOC(=O)CCCOc1c(N2CCC(O)CC2)cc(C(=O)CN2Cc3cc(OCC)c(OCC)c(F)c3C2=N)cc1C(C)(C)C. The standard InChI is InChI=1S/C35H48FN3O7.BrH/c1-7-43-28-19-23-20-39(34(37)30(23)31(36)33(28)45-9-3)21-27(41)22-17-25(35(4,5)6)32(46-16-10-11-29(42)44-8-2)26(18-22)38-14-12-24(40)13-15-38;/h17-19,24,37,40H,7-16,20-21H2,1-6H3;1H. The fourth-order valence-electron chi connectivity index (χ4n) is 5.87. The largest absolute Gasteiger partial charge is 0.491 e. The lowest BCUT2D eigenvalue weighted by molar-refractivity contribution is -0.143. The van der Waals surface area contributed by atoms with Crippen LogP contribution in [0.2, 0.25) is 0 Å². The first kappa shape index (κ1) is 38.1. The number of carbonyl (C=O) groups excluding carboxylic acids is 2. The molecule has 0 radical (unpaired) electrons. The van der Waals surface area contributed by atoms with Gasteiger partial charge in [-0.3, -0.25) is 15.0 Å². The van der Waals surface area contributed by atoms with Crippen LogP contribution in [0.3, 0.4) is 0 Å². The van der Waals surface area contributed by atoms with Crippen LogP contribution in [0.15, 0.2) is 18.2 Å². The number of rotatable bonds is 14. The molecular weight excluding hydrogens is 673 g/mol. The number of hydrogen-bond acceptors (Lipinski definition) is 9. The summed E-state index contributed by atoms with van der Waals surface area (Å²) in [6.45, 7) is 13.9. The fraction of sp³-hybridized carbons (Fsp3) is 0.571. The average Bonchev–Trinajstić information content (AvgIpc) is 3.31. The van der Waals surface area contributed by atoms with E-state index in [1.54, 1.807) is 31.7 Å². The number of nitrogens with zero attached hydrogens (tertiary/aromatic N) is 2. The number of halogens is 2. The Bertz CT molecular complexity index is 1440. The molecule has 4 rings (SSSR count). The number of esters is 1. The van der Waals surface area contributed by atoms with Gasteiger partial charge in [0.2, 0.25) is 0 Å². The Hall–Kier alpha value is -3.38. The zero-order valence-electron chi connectivity index (χ0n) is 28.4. The van der Waals surface area contributed by atoms with E-state index < -0.39 is 11.2 Å². The lowest BCUT2D eigenvalue weighted by Crippen LogP contribution is -2.36. The van der Waals surface area contributed by atoms with Crippen LogP contribution in [0, 0.1) is 11.2 Å². The number of ketones is 1. The second kappa shape index (κ2) is 16.6. The van der Waals surface area contributed by atoms with E-state index in [-0.39, 0.29) is 83.9 Å². The van der Waals surface area contributed by atoms with E-state index in [0.717, 1.165) is 11.3 Å². The summed E-state index contributed by atoms with van der Waals surface area (Å²) >= 11 is 0. The molecule has 2 heterocycles. The van der Waals surface area contributed by atoms with Crippen molar-refractivity contribution in [2.75, 3.05) is 51.0 Å². The molecule has 260 valence electrons. The van der Waals surface area contributed by atoms with Gasteiger partial charge in [-0.15, -0.1) is 17.0 Å². The summed E-state index contributed by atoms with van der Waals surface area (Å²) in [5, 5.41) is 19.0. The number of carbonyl (C=O) groups is 2. The van der Waals surface area contributed by atoms with Gasteiger partial charge in [0.25, 0.3) is 0 Å². The molecule has 0 saturated carbocycles. The maximum atomic E-state index is 15.6. The zero-order valence-corrected chi connectivity index (χ0v) is 30.1. The van der Waals surface area contributed by atoms with Crippen LogP contribution >= 0.6 is 17.0 Å². The minimum atomic E-state index is -0.656. The molecule has 0 bridgehead atoms. The smallest absolute Gasteiger partial charge is 0.305 e. The van der Waals surface area contributed by atoms with Gasteiger partial charge in [-0.1, -0.05) is 20.8 Å². The Balaban J connectivity index is 0.00000600. The van der Waals surface area contributed by atoms with Crippen LogP contribution in [0.5, 0.6) is 17.2 Å². The van der Waals surface area contributed by atoms with E-state index in [1.165, 1.54) is 0 Å². The van der Waals surface area contributed by atoms with E-state index in [9.17, 15) is 14.7 Å². The maximum Gasteiger partial charge on any atom is 0.305 e. The maximum absolute atomic E-state index is 15.6. The number of Topliss-reactive ketones (excluding diaryl/α,β-unsaturated/α-hetero) is 1. The van der Waals surface area contributed by atoms with Gasteiger partial charge in [0, 0.05) is 37.2 Å². The van der Waals surface area contributed by atoms with Crippen molar-refractivity contribution in [2.45, 2.75) is 85.3 Å². The first-order valence-electron chi connectivity index (χ1n) is 16.3. The number of piperidine rings is 1. The van der Waals surface area contributed by atoms with Crippen LogP contribution in [0.4, 0.5) is 10.1 Å². The van der Waals surface area contributed by atoms with Gasteiger partial charge < -0.3 is 33.9 Å². The molecule has 47 heavy (non-hydrogen) atoms. The van der Waals surface area contributed by atoms with Gasteiger partial charge in [-0.2, -0.15) is 0 Å². The van der Waals surface area contributed by atoms with Gasteiger partial charge in [0.1, 0.15) is 11.6 Å². The second-order valence-electron chi connectivity index (χ2n) is 12.6. The molecule has 0 amide bonds. The second-order valence-corrected chi connectivity index (χ2v) is 12.6. The summed E-state index contributed by atoms with van der Waals surface area (Å²) in [6.07, 6.45) is 1.52. The van der Waals surface area contributed by atoms with Gasteiger partial charge >= 0.3 is 5.97 Å². The van der Waals surface area contributed by atoms with Crippen LogP contribution in [0.1, 0.15) is 94.3 Å². The minimum Gasteiger partial charge on any atom is -0.491 e. The van der Waals surface area contributed by atoms with Crippen LogP contribution in [-0.2, 0) is 21.5 Å². The topological polar surface area (TPSA) is 122 Å². The van der Waals surface area contributed by atoms with E-state index >= 15 is 4.39 Å². The van der Waals surface area contributed by atoms with Gasteiger partial charge in [-0.25, -0.2) is 4.39 Å². The van der Waals surface area contributed by atoms with Gasteiger partial charge in [-0.05, 0) is 69.2 Å². The van der Waals surface area contributed by atoms with Gasteiger partial charge in [0.15, 0.2) is 23.1 Å². The Labute approximate surface area is 287 Å². The summed E-state index contributed by atoms with van der Waals surface area (Å²) in [5.41, 5.74) is 2.34. The predicted molar refractivity (Wildman–Crippen MR) is 185 cm³/mol. The lowest BCUT2D eigenvalue weighted by atomic mass is 9.84. The number of hydrogen-bond donors (Lipinski definition) is 2. The Kier molecular flexibility index (Phi) is 13.5. The molecule has 2 aromatic rings. The number of aliphatic hydroxyl groups is 1. The summed E-state index contributed by atoms with van der Waals surface area (Å²) in [5.74, 6) is -0.309. The van der Waals surface area contributed by atoms with Crippen molar-refractivity contribution < 1.29 is 38.0 Å². The molecule has 10 nitrogen and oxygen atoms in total. The molecule has 2 aromatic carbocycles. The third-order valence-electron chi connectivity index (χ3n) is 8.19. The van der Waals surface area contributed by atoms with E-state index in [2.05, 4.69) is 4.90 Å². The van der Waals surface area contributed by atoms with Crippen molar-refractivity contribution >= 4 is 40.3 Å². The van der Waals surface area contributed by atoms with E-state index in [4.69, 9.17) is 24.4 Å². The molecule has 1 fully saturated rings. The lowest BCUT2D eigenvalue weighted by Gasteiger charge is -2.35. The average molecular weight is 723 g/mol.